The molecule has 4 nitrogen and oxygen atoms in total. The Morgan fingerprint density at radius 3 is 2.60 bits per heavy atom. The van der Waals surface area contributed by atoms with Gasteiger partial charge in [0.15, 0.2) is 0 Å². The molecule has 0 spiro atoms. The van der Waals surface area contributed by atoms with Crippen LogP contribution in [0.2, 0.25) is 0 Å². The molecule has 1 aromatic carbocycles. The van der Waals surface area contributed by atoms with E-state index in [9.17, 15) is 10.4 Å². The first kappa shape index (κ1) is 12.9. The van der Waals surface area contributed by atoms with Crippen LogP contribution in [0.1, 0.15) is 37.4 Å². The first-order valence-corrected chi connectivity index (χ1v) is 6.94. The summed E-state index contributed by atoms with van der Waals surface area (Å²) in [6.45, 7) is 0. The van der Waals surface area contributed by atoms with Crippen LogP contribution in [0.5, 0.6) is 0 Å². The van der Waals surface area contributed by atoms with Gasteiger partial charge in [-0.05, 0) is 25.0 Å². The Morgan fingerprint density at radius 1 is 1.25 bits per heavy atom. The van der Waals surface area contributed by atoms with E-state index in [1.807, 2.05) is 36.5 Å². The fourth-order valence-corrected chi connectivity index (χ4v) is 2.97. The van der Waals surface area contributed by atoms with Gasteiger partial charge in [0.05, 0.1) is 23.4 Å². The molecule has 1 aliphatic rings. The zero-order valence-corrected chi connectivity index (χ0v) is 11.2. The van der Waals surface area contributed by atoms with Gasteiger partial charge in [-0.2, -0.15) is 10.4 Å². The van der Waals surface area contributed by atoms with Crippen molar-refractivity contribution >= 4 is 0 Å². The average Bonchev–Trinajstić information content (AvgIpc) is 3.17. The molecule has 0 bridgehead atoms. The Morgan fingerprint density at radius 2 is 1.95 bits per heavy atom. The van der Waals surface area contributed by atoms with E-state index in [4.69, 9.17) is 0 Å². The molecule has 0 aliphatic heterocycles. The summed E-state index contributed by atoms with van der Waals surface area (Å²) < 4.78 is 1.73. The van der Waals surface area contributed by atoms with Crippen molar-refractivity contribution in [3.8, 4) is 11.8 Å². The van der Waals surface area contributed by atoms with Crippen LogP contribution in [-0.2, 0) is 0 Å². The number of rotatable bonds is 3. The van der Waals surface area contributed by atoms with Crippen molar-refractivity contribution in [1.82, 2.24) is 9.78 Å². The van der Waals surface area contributed by atoms with Crippen molar-refractivity contribution in [3.05, 3.63) is 48.3 Å². The zero-order chi connectivity index (χ0) is 14.0. The smallest absolute Gasteiger partial charge is 0.101 e. The molecule has 1 fully saturated rings. The van der Waals surface area contributed by atoms with Crippen LogP contribution in [-0.4, -0.2) is 14.9 Å². The third-order valence-electron chi connectivity index (χ3n) is 4.18. The Balaban J connectivity index is 1.89. The topological polar surface area (TPSA) is 61.8 Å². The van der Waals surface area contributed by atoms with E-state index in [1.165, 1.54) is 0 Å². The molecule has 1 saturated carbocycles. The van der Waals surface area contributed by atoms with Crippen LogP contribution in [0.25, 0.3) is 5.69 Å². The second-order valence-electron chi connectivity index (χ2n) is 5.43. The lowest BCUT2D eigenvalue weighted by molar-refractivity contribution is 0.0671. The van der Waals surface area contributed by atoms with Crippen molar-refractivity contribution in [2.75, 3.05) is 0 Å². The minimum atomic E-state index is -0.757. The van der Waals surface area contributed by atoms with Gasteiger partial charge in [0.2, 0.25) is 0 Å². The molecule has 102 valence electrons. The Bertz CT molecular complexity index is 621. The highest BCUT2D eigenvalue weighted by atomic mass is 16.3. The van der Waals surface area contributed by atoms with Crippen molar-refractivity contribution in [2.24, 2.45) is 5.41 Å². The lowest BCUT2D eigenvalue weighted by atomic mass is 9.79. The largest absolute Gasteiger partial charge is 0.387 e. The van der Waals surface area contributed by atoms with Crippen LogP contribution in [0.4, 0.5) is 0 Å². The van der Waals surface area contributed by atoms with E-state index < -0.39 is 11.5 Å². The molecule has 1 N–H and O–H groups in total. The molecular weight excluding hydrogens is 250 g/mol. The highest BCUT2D eigenvalue weighted by Crippen LogP contribution is 2.47. The summed E-state index contributed by atoms with van der Waals surface area (Å²) in [5, 5.41) is 24.3. The van der Waals surface area contributed by atoms with E-state index in [0.29, 0.717) is 0 Å². The molecule has 0 saturated heterocycles. The van der Waals surface area contributed by atoms with Gasteiger partial charge < -0.3 is 5.11 Å². The third kappa shape index (κ3) is 2.10. The van der Waals surface area contributed by atoms with Gasteiger partial charge >= 0.3 is 0 Å². The van der Waals surface area contributed by atoms with Gasteiger partial charge in [0.25, 0.3) is 0 Å². The molecule has 20 heavy (non-hydrogen) atoms. The maximum atomic E-state index is 10.6. The second kappa shape index (κ2) is 5.10. The molecule has 1 atom stereocenters. The van der Waals surface area contributed by atoms with Gasteiger partial charge in [0.1, 0.15) is 6.10 Å². The van der Waals surface area contributed by atoms with E-state index in [0.717, 1.165) is 36.9 Å². The van der Waals surface area contributed by atoms with Crippen LogP contribution in [0.3, 0.4) is 0 Å². The molecule has 1 aliphatic carbocycles. The fourth-order valence-electron chi connectivity index (χ4n) is 2.97. The highest BCUT2D eigenvalue weighted by molar-refractivity contribution is 5.32. The molecule has 2 aromatic rings. The number of aromatic nitrogens is 2. The SMILES string of the molecule is N#CC1(C(O)c2cnn(-c3ccccc3)c2)CCCC1. The zero-order valence-electron chi connectivity index (χ0n) is 11.2. The summed E-state index contributed by atoms with van der Waals surface area (Å²) in [6, 6.07) is 12.1. The summed E-state index contributed by atoms with van der Waals surface area (Å²) in [7, 11) is 0. The summed E-state index contributed by atoms with van der Waals surface area (Å²) >= 11 is 0. The minimum absolute atomic E-state index is 0.634. The maximum absolute atomic E-state index is 10.6. The van der Waals surface area contributed by atoms with E-state index in [2.05, 4.69) is 11.2 Å². The highest BCUT2D eigenvalue weighted by Gasteiger charge is 2.42. The van der Waals surface area contributed by atoms with E-state index in [1.54, 1.807) is 10.9 Å². The van der Waals surface area contributed by atoms with Crippen molar-refractivity contribution in [2.45, 2.75) is 31.8 Å². The van der Waals surface area contributed by atoms with Gasteiger partial charge in [-0.3, -0.25) is 0 Å². The van der Waals surface area contributed by atoms with Gasteiger partial charge in [-0.1, -0.05) is 31.0 Å². The Labute approximate surface area is 118 Å². The van der Waals surface area contributed by atoms with Crippen molar-refractivity contribution < 1.29 is 5.11 Å². The first-order chi connectivity index (χ1) is 9.75. The number of hydrogen-bond donors (Lipinski definition) is 1. The first-order valence-electron chi connectivity index (χ1n) is 6.94. The molecule has 3 rings (SSSR count). The number of nitriles is 1. The number of aliphatic hydroxyl groups is 1. The van der Waals surface area contributed by atoms with Gasteiger partial charge in [-0.15, -0.1) is 0 Å². The van der Waals surface area contributed by atoms with Crippen LogP contribution < -0.4 is 0 Å². The Hall–Kier alpha value is -2.12. The van der Waals surface area contributed by atoms with Crippen molar-refractivity contribution in [3.63, 3.8) is 0 Å². The third-order valence-corrected chi connectivity index (χ3v) is 4.18. The molecule has 0 radical (unpaired) electrons. The summed E-state index contributed by atoms with van der Waals surface area (Å²) in [5.41, 5.74) is 1.03. The van der Waals surface area contributed by atoms with Gasteiger partial charge in [0, 0.05) is 11.8 Å². The van der Waals surface area contributed by atoms with Crippen LogP contribution in [0, 0.1) is 16.7 Å². The average molecular weight is 267 g/mol. The summed E-state index contributed by atoms with van der Waals surface area (Å²) in [4.78, 5) is 0. The number of aliphatic hydroxyl groups excluding tert-OH is 1. The monoisotopic (exact) mass is 267 g/mol. The molecule has 0 amide bonds. The minimum Gasteiger partial charge on any atom is -0.387 e. The number of nitrogens with zero attached hydrogens (tertiary/aromatic N) is 3. The molecule has 1 unspecified atom stereocenters. The van der Waals surface area contributed by atoms with Crippen LogP contribution in [0.15, 0.2) is 42.7 Å². The Kier molecular flexibility index (Phi) is 3.29. The quantitative estimate of drug-likeness (QED) is 0.929. The predicted molar refractivity (Wildman–Crippen MR) is 75.0 cm³/mol. The van der Waals surface area contributed by atoms with Crippen LogP contribution >= 0.6 is 0 Å². The summed E-state index contributed by atoms with van der Waals surface area (Å²) in [5.74, 6) is 0. The van der Waals surface area contributed by atoms with Gasteiger partial charge in [-0.25, -0.2) is 4.68 Å². The molecule has 1 heterocycles. The predicted octanol–water partition coefficient (Wildman–Crippen LogP) is 2.99. The second-order valence-corrected chi connectivity index (χ2v) is 5.43. The lowest BCUT2D eigenvalue weighted by Crippen LogP contribution is -2.23. The normalized spacial score (nSPS) is 18.6. The standard InChI is InChI=1S/C16H17N3O/c17-12-16(8-4-5-9-16)15(20)13-10-18-19(11-13)14-6-2-1-3-7-14/h1-3,6-7,10-11,15,20H,4-5,8-9H2. The molecule has 1 aromatic heterocycles. The van der Waals surface area contributed by atoms with E-state index >= 15 is 0 Å². The fraction of sp³-hybridized carbons (Fsp3) is 0.375. The maximum Gasteiger partial charge on any atom is 0.101 e. The summed E-state index contributed by atoms with van der Waals surface area (Å²) in [6.07, 6.45) is 6.27. The van der Waals surface area contributed by atoms with E-state index in [-0.39, 0.29) is 0 Å². The molecule has 4 heteroatoms. The van der Waals surface area contributed by atoms with Crippen molar-refractivity contribution in [1.29, 1.82) is 5.26 Å². The number of benzene rings is 1. The molecular formula is C16H17N3O. The number of para-hydroxylation sites is 1. The lowest BCUT2D eigenvalue weighted by Gasteiger charge is -2.25. The number of hydrogen-bond acceptors (Lipinski definition) is 3.